The van der Waals surface area contributed by atoms with Gasteiger partial charge in [0.25, 0.3) is 0 Å². The van der Waals surface area contributed by atoms with Crippen molar-refractivity contribution in [1.29, 1.82) is 0 Å². The lowest BCUT2D eigenvalue weighted by Gasteiger charge is -2.13. The van der Waals surface area contributed by atoms with E-state index >= 15 is 0 Å². The van der Waals surface area contributed by atoms with E-state index in [-0.39, 0.29) is 5.69 Å². The van der Waals surface area contributed by atoms with Crippen LogP contribution in [0.1, 0.15) is 5.56 Å². The van der Waals surface area contributed by atoms with Crippen LogP contribution in [0.25, 0.3) is 10.9 Å². The van der Waals surface area contributed by atoms with Gasteiger partial charge in [-0.15, -0.1) is 0 Å². The molecule has 33 heavy (non-hydrogen) atoms. The molecule has 0 aliphatic carbocycles. The highest BCUT2D eigenvalue weighted by Gasteiger charge is 2.30. The molecule has 0 saturated heterocycles. The van der Waals surface area contributed by atoms with Crippen molar-refractivity contribution in [3.05, 3.63) is 78.6 Å². The molecule has 0 fully saturated rings. The molecule has 1 heterocycles. The van der Waals surface area contributed by atoms with Gasteiger partial charge >= 0.3 is 12.2 Å². The Morgan fingerprint density at radius 1 is 0.879 bits per heavy atom. The fraction of sp³-hybridized carbons (Fsp3) is 0.0870. The van der Waals surface area contributed by atoms with E-state index in [0.717, 1.165) is 12.1 Å². The van der Waals surface area contributed by atoms with Crippen LogP contribution in [-0.4, -0.2) is 23.1 Å². The van der Waals surface area contributed by atoms with Crippen LogP contribution < -0.4 is 20.7 Å². The first-order valence-corrected chi connectivity index (χ1v) is 9.73. The Morgan fingerprint density at radius 3 is 2.33 bits per heavy atom. The number of ether oxygens (including phenoxy) is 1. The summed E-state index contributed by atoms with van der Waals surface area (Å²) >= 11 is 0. The molecule has 1 aromatic heterocycles. The number of aromatic nitrogens is 2. The van der Waals surface area contributed by atoms with Crippen LogP contribution in [0.5, 0.6) is 5.75 Å². The standard InChI is InChI=1S/C23H18F3N5O2/c1-33-18-8-5-15(6-9-18)30-22(32)31-17-7-10-20-19(12-17)21(28-13-27-20)29-16-4-2-3-14(11-16)23(24,25)26/h2-13H,1H3,(H,27,28,29)(H2,30,31,32). The van der Waals surface area contributed by atoms with Gasteiger partial charge in [0.15, 0.2) is 0 Å². The van der Waals surface area contributed by atoms with Gasteiger partial charge in [0.1, 0.15) is 17.9 Å². The minimum absolute atomic E-state index is 0.223. The van der Waals surface area contributed by atoms with E-state index in [0.29, 0.717) is 33.8 Å². The lowest BCUT2D eigenvalue weighted by atomic mass is 10.1. The number of anilines is 4. The van der Waals surface area contributed by atoms with Crippen LogP contribution in [-0.2, 0) is 6.18 Å². The van der Waals surface area contributed by atoms with Crippen LogP contribution in [0.15, 0.2) is 73.1 Å². The summed E-state index contributed by atoms with van der Waals surface area (Å²) in [6.45, 7) is 0. The van der Waals surface area contributed by atoms with E-state index in [4.69, 9.17) is 4.74 Å². The molecule has 4 rings (SSSR count). The normalized spacial score (nSPS) is 11.2. The number of halogens is 3. The number of urea groups is 1. The van der Waals surface area contributed by atoms with Crippen molar-refractivity contribution in [2.24, 2.45) is 0 Å². The maximum Gasteiger partial charge on any atom is 0.416 e. The fourth-order valence-electron chi connectivity index (χ4n) is 3.11. The first-order valence-electron chi connectivity index (χ1n) is 9.73. The summed E-state index contributed by atoms with van der Waals surface area (Å²) in [5.74, 6) is 0.967. The highest BCUT2D eigenvalue weighted by Crippen LogP contribution is 2.32. The van der Waals surface area contributed by atoms with E-state index in [1.807, 2.05) is 0 Å². The summed E-state index contributed by atoms with van der Waals surface area (Å²) in [5, 5.41) is 8.85. The quantitative estimate of drug-likeness (QED) is 0.343. The smallest absolute Gasteiger partial charge is 0.416 e. The van der Waals surface area contributed by atoms with Crippen LogP contribution in [0.3, 0.4) is 0 Å². The third-order valence-corrected chi connectivity index (χ3v) is 4.69. The maximum atomic E-state index is 13.0. The monoisotopic (exact) mass is 453 g/mol. The van der Waals surface area contributed by atoms with Crippen molar-refractivity contribution < 1.29 is 22.7 Å². The number of carbonyl (C=O) groups excluding carboxylic acids is 1. The Hall–Kier alpha value is -4.34. The van der Waals surface area contributed by atoms with Crippen molar-refractivity contribution >= 4 is 39.8 Å². The molecule has 0 atom stereocenters. The fourth-order valence-corrected chi connectivity index (χ4v) is 3.11. The lowest BCUT2D eigenvalue weighted by Crippen LogP contribution is -2.19. The molecule has 0 aliphatic heterocycles. The molecule has 0 aliphatic rings. The molecular formula is C23H18F3N5O2. The van der Waals surface area contributed by atoms with E-state index in [1.165, 1.54) is 18.5 Å². The minimum atomic E-state index is -4.46. The van der Waals surface area contributed by atoms with Crippen molar-refractivity contribution in [3.8, 4) is 5.75 Å². The van der Waals surface area contributed by atoms with Crippen molar-refractivity contribution in [2.45, 2.75) is 6.18 Å². The summed E-state index contributed by atoms with van der Waals surface area (Å²) in [6.07, 6.45) is -3.15. The van der Waals surface area contributed by atoms with Crippen LogP contribution >= 0.6 is 0 Å². The third kappa shape index (κ3) is 5.29. The number of nitrogens with zero attached hydrogens (tertiary/aromatic N) is 2. The van der Waals surface area contributed by atoms with Crippen LogP contribution in [0.4, 0.5) is 40.8 Å². The summed E-state index contributed by atoms with van der Waals surface area (Å²) in [7, 11) is 1.55. The first-order chi connectivity index (χ1) is 15.8. The number of hydrogen-bond acceptors (Lipinski definition) is 5. The van der Waals surface area contributed by atoms with Crippen molar-refractivity contribution in [2.75, 3.05) is 23.1 Å². The average Bonchev–Trinajstić information content (AvgIpc) is 2.79. The predicted octanol–water partition coefficient (Wildman–Crippen LogP) is 6.04. The molecule has 2 amide bonds. The Balaban J connectivity index is 1.54. The first kappa shape index (κ1) is 21.9. The molecule has 0 unspecified atom stereocenters. The Morgan fingerprint density at radius 2 is 1.61 bits per heavy atom. The molecule has 0 radical (unpaired) electrons. The van der Waals surface area contributed by atoms with Gasteiger partial charge in [0.2, 0.25) is 0 Å². The topological polar surface area (TPSA) is 88.2 Å². The second-order valence-corrected chi connectivity index (χ2v) is 6.97. The molecular weight excluding hydrogens is 435 g/mol. The highest BCUT2D eigenvalue weighted by molar-refractivity contribution is 6.02. The Kier molecular flexibility index (Phi) is 5.99. The number of nitrogens with one attached hydrogen (secondary N) is 3. The Labute approximate surface area is 186 Å². The summed E-state index contributed by atoms with van der Waals surface area (Å²) in [6, 6.07) is 16.2. The highest BCUT2D eigenvalue weighted by atomic mass is 19.4. The summed E-state index contributed by atoms with van der Waals surface area (Å²) < 4.78 is 44.2. The zero-order chi connectivity index (χ0) is 23.4. The average molecular weight is 453 g/mol. The van der Waals surface area contributed by atoms with Gasteiger partial charge in [0, 0.05) is 22.4 Å². The zero-order valence-corrected chi connectivity index (χ0v) is 17.3. The minimum Gasteiger partial charge on any atom is -0.497 e. The van der Waals surface area contributed by atoms with Crippen LogP contribution in [0.2, 0.25) is 0 Å². The Bertz CT molecular complexity index is 1290. The number of carbonyl (C=O) groups is 1. The van der Waals surface area contributed by atoms with E-state index in [2.05, 4.69) is 25.9 Å². The number of hydrogen-bond donors (Lipinski definition) is 3. The lowest BCUT2D eigenvalue weighted by molar-refractivity contribution is -0.137. The molecule has 7 nitrogen and oxygen atoms in total. The van der Waals surface area contributed by atoms with E-state index in [9.17, 15) is 18.0 Å². The van der Waals surface area contributed by atoms with Gasteiger partial charge in [-0.2, -0.15) is 13.2 Å². The van der Waals surface area contributed by atoms with Gasteiger partial charge in [-0.05, 0) is 60.7 Å². The molecule has 3 aromatic carbocycles. The van der Waals surface area contributed by atoms with Gasteiger partial charge < -0.3 is 20.7 Å². The SMILES string of the molecule is COc1ccc(NC(=O)Nc2ccc3ncnc(Nc4cccc(C(F)(F)F)c4)c3c2)cc1. The maximum absolute atomic E-state index is 13.0. The largest absolute Gasteiger partial charge is 0.497 e. The summed E-state index contributed by atoms with van der Waals surface area (Å²) in [4.78, 5) is 20.7. The second kappa shape index (κ2) is 9.03. The third-order valence-electron chi connectivity index (χ3n) is 4.69. The van der Waals surface area contributed by atoms with E-state index in [1.54, 1.807) is 49.6 Å². The molecule has 3 N–H and O–H groups in total. The summed E-state index contributed by atoms with van der Waals surface area (Å²) in [5.41, 5.74) is 1.03. The molecule has 4 aromatic rings. The van der Waals surface area contributed by atoms with E-state index < -0.39 is 17.8 Å². The number of benzene rings is 3. The number of alkyl halides is 3. The number of methoxy groups -OCH3 is 1. The van der Waals surface area contributed by atoms with Crippen molar-refractivity contribution in [1.82, 2.24) is 9.97 Å². The number of rotatable bonds is 5. The second-order valence-electron chi connectivity index (χ2n) is 6.97. The number of amides is 2. The predicted molar refractivity (Wildman–Crippen MR) is 120 cm³/mol. The zero-order valence-electron chi connectivity index (χ0n) is 17.3. The molecule has 0 saturated carbocycles. The van der Waals surface area contributed by atoms with Gasteiger partial charge in [0.05, 0.1) is 18.2 Å². The molecule has 168 valence electrons. The molecule has 0 bridgehead atoms. The number of fused-ring (bicyclic) bond motifs is 1. The molecule has 10 heteroatoms. The van der Waals surface area contributed by atoms with Crippen LogP contribution in [0, 0.1) is 0 Å². The van der Waals surface area contributed by atoms with Gasteiger partial charge in [-0.25, -0.2) is 14.8 Å². The van der Waals surface area contributed by atoms with Gasteiger partial charge in [-0.1, -0.05) is 6.07 Å². The molecule has 0 spiro atoms. The van der Waals surface area contributed by atoms with Crippen molar-refractivity contribution in [3.63, 3.8) is 0 Å². The van der Waals surface area contributed by atoms with Gasteiger partial charge in [-0.3, -0.25) is 0 Å².